The Morgan fingerprint density at radius 1 is 1.09 bits per heavy atom. The third kappa shape index (κ3) is 5.94. The monoisotopic (exact) mass is 463 g/mol. The minimum Gasteiger partial charge on any atom is -0.455 e. The first kappa shape index (κ1) is 22.0. The normalized spacial score (nSPS) is 16.7. The average Bonchev–Trinajstić information content (AvgIpc) is 3.51. The lowest BCUT2D eigenvalue weighted by Gasteiger charge is -2.35. The van der Waals surface area contributed by atoms with Crippen LogP contribution in [0.3, 0.4) is 0 Å². The topological polar surface area (TPSA) is 74.5 Å². The van der Waals surface area contributed by atoms with Crippen molar-refractivity contribution in [2.45, 2.75) is 43.3 Å². The van der Waals surface area contributed by atoms with E-state index in [0.717, 1.165) is 68.0 Å². The first-order valence-electron chi connectivity index (χ1n) is 11.5. The lowest BCUT2D eigenvalue weighted by Crippen LogP contribution is -2.46. The van der Waals surface area contributed by atoms with Crippen LogP contribution in [-0.4, -0.2) is 53.0 Å². The van der Waals surface area contributed by atoms with Crippen LogP contribution in [0.1, 0.15) is 40.4 Å². The van der Waals surface area contributed by atoms with Gasteiger partial charge in [-0.3, -0.25) is 9.69 Å². The number of thioether (sulfide) groups is 1. The van der Waals surface area contributed by atoms with Crippen molar-refractivity contribution in [2.24, 2.45) is 0 Å². The van der Waals surface area contributed by atoms with Crippen molar-refractivity contribution in [1.82, 2.24) is 20.2 Å². The Labute approximate surface area is 198 Å². The van der Waals surface area contributed by atoms with Crippen molar-refractivity contribution in [1.29, 1.82) is 0 Å². The summed E-state index contributed by atoms with van der Waals surface area (Å²) < 4.78 is 5.73. The standard InChI is InChI=1S/C25H29N5O2S/c1-18-15-23(30-13-11-29(12-14-30)16-19-5-3-2-4-6-19)28-25(26-18)33-17-21-9-10-22(32-21)24(31)27-20-7-8-20/h2-6,9-10,15,20H,7-8,11-14,16-17H2,1H3,(H,27,31). The molecule has 2 aromatic heterocycles. The predicted molar refractivity (Wildman–Crippen MR) is 129 cm³/mol. The smallest absolute Gasteiger partial charge is 0.287 e. The van der Waals surface area contributed by atoms with E-state index in [9.17, 15) is 4.79 Å². The number of nitrogens with one attached hydrogen (secondary N) is 1. The minimum atomic E-state index is -0.130. The molecule has 0 bridgehead atoms. The Morgan fingerprint density at radius 3 is 2.64 bits per heavy atom. The van der Waals surface area contributed by atoms with Crippen LogP contribution in [0, 0.1) is 6.92 Å². The van der Waals surface area contributed by atoms with E-state index >= 15 is 0 Å². The van der Waals surface area contributed by atoms with Crippen molar-refractivity contribution in [3.63, 3.8) is 0 Å². The molecule has 1 aliphatic carbocycles. The molecular formula is C25H29N5O2S. The summed E-state index contributed by atoms with van der Waals surface area (Å²) in [7, 11) is 0. The second-order valence-corrected chi connectivity index (χ2v) is 9.64. The average molecular weight is 464 g/mol. The Balaban J connectivity index is 1.16. The summed E-state index contributed by atoms with van der Waals surface area (Å²) in [5, 5.41) is 3.69. The van der Waals surface area contributed by atoms with E-state index in [4.69, 9.17) is 9.40 Å². The fourth-order valence-electron chi connectivity index (χ4n) is 3.93. The van der Waals surface area contributed by atoms with Gasteiger partial charge in [-0.2, -0.15) is 0 Å². The van der Waals surface area contributed by atoms with Gasteiger partial charge in [0.15, 0.2) is 10.9 Å². The van der Waals surface area contributed by atoms with Crippen molar-refractivity contribution < 1.29 is 9.21 Å². The third-order valence-electron chi connectivity index (χ3n) is 5.91. The number of amides is 1. The summed E-state index contributed by atoms with van der Waals surface area (Å²) in [6.07, 6.45) is 2.12. The van der Waals surface area contributed by atoms with Crippen molar-refractivity contribution >= 4 is 23.5 Å². The van der Waals surface area contributed by atoms with Crippen LogP contribution in [0.4, 0.5) is 5.82 Å². The van der Waals surface area contributed by atoms with Crippen LogP contribution in [0.2, 0.25) is 0 Å². The summed E-state index contributed by atoms with van der Waals surface area (Å²) in [5.41, 5.74) is 2.31. The van der Waals surface area contributed by atoms with Crippen molar-refractivity contribution in [2.75, 3.05) is 31.1 Å². The summed E-state index contributed by atoms with van der Waals surface area (Å²) in [4.78, 5) is 26.4. The Hall–Kier alpha value is -2.84. The van der Waals surface area contributed by atoms with E-state index in [-0.39, 0.29) is 5.91 Å². The van der Waals surface area contributed by atoms with Crippen molar-refractivity contribution in [3.05, 3.63) is 71.3 Å². The van der Waals surface area contributed by atoms with Gasteiger partial charge in [-0.25, -0.2) is 9.97 Å². The summed E-state index contributed by atoms with van der Waals surface area (Å²) in [6, 6.07) is 16.6. The zero-order valence-corrected chi connectivity index (χ0v) is 19.7. The molecule has 0 spiro atoms. The maximum Gasteiger partial charge on any atom is 0.287 e. The van der Waals surface area contributed by atoms with E-state index in [1.165, 1.54) is 17.3 Å². The van der Waals surface area contributed by atoms with Gasteiger partial charge in [0.2, 0.25) is 0 Å². The summed E-state index contributed by atoms with van der Waals surface area (Å²) in [5.74, 6) is 2.56. The minimum absolute atomic E-state index is 0.130. The molecule has 5 rings (SSSR count). The molecule has 3 heterocycles. The SMILES string of the molecule is Cc1cc(N2CCN(Cc3ccccc3)CC2)nc(SCc2ccc(C(=O)NC3CC3)o2)n1. The molecule has 1 aromatic carbocycles. The molecule has 1 amide bonds. The molecule has 0 unspecified atom stereocenters. The maximum absolute atomic E-state index is 12.1. The quantitative estimate of drug-likeness (QED) is 0.401. The maximum atomic E-state index is 12.1. The van der Waals surface area contributed by atoms with Gasteiger partial charge in [-0.05, 0) is 37.5 Å². The molecule has 172 valence electrons. The highest BCUT2D eigenvalue weighted by Gasteiger charge is 2.25. The summed E-state index contributed by atoms with van der Waals surface area (Å²) >= 11 is 1.53. The molecule has 33 heavy (non-hydrogen) atoms. The molecule has 2 fully saturated rings. The first-order valence-corrected chi connectivity index (χ1v) is 12.5. The van der Waals surface area contributed by atoms with Gasteiger partial charge in [0.25, 0.3) is 5.91 Å². The molecule has 3 aromatic rings. The molecule has 2 aliphatic rings. The first-order chi connectivity index (χ1) is 16.1. The van der Waals surface area contributed by atoms with Gasteiger partial charge in [0.1, 0.15) is 11.6 Å². The molecule has 8 heteroatoms. The number of aromatic nitrogens is 2. The Kier molecular flexibility index (Phi) is 6.64. The highest BCUT2D eigenvalue weighted by atomic mass is 32.2. The van der Waals surface area contributed by atoms with Gasteiger partial charge in [0, 0.05) is 50.5 Å². The number of rotatable bonds is 8. The molecule has 0 atom stereocenters. The van der Waals surface area contributed by atoms with E-state index in [0.29, 0.717) is 17.6 Å². The lowest BCUT2D eigenvalue weighted by molar-refractivity contribution is 0.0922. The second kappa shape index (κ2) is 9.97. The molecule has 1 N–H and O–H groups in total. The lowest BCUT2D eigenvalue weighted by atomic mass is 10.2. The predicted octanol–water partition coefficient (Wildman–Crippen LogP) is 3.88. The highest BCUT2D eigenvalue weighted by molar-refractivity contribution is 7.98. The number of furan rings is 1. The van der Waals surface area contributed by atoms with Crippen LogP contribution >= 0.6 is 11.8 Å². The molecule has 1 saturated heterocycles. The third-order valence-corrected chi connectivity index (χ3v) is 6.78. The number of nitrogens with zero attached hydrogens (tertiary/aromatic N) is 4. The Morgan fingerprint density at radius 2 is 1.88 bits per heavy atom. The van der Waals surface area contributed by atoms with Crippen LogP contribution in [0.25, 0.3) is 0 Å². The second-order valence-electron chi connectivity index (χ2n) is 8.70. The zero-order chi connectivity index (χ0) is 22.6. The van der Waals surface area contributed by atoms with Gasteiger partial charge in [-0.1, -0.05) is 42.1 Å². The van der Waals surface area contributed by atoms with Crippen LogP contribution in [-0.2, 0) is 12.3 Å². The van der Waals surface area contributed by atoms with Crippen LogP contribution in [0.5, 0.6) is 0 Å². The van der Waals surface area contributed by atoms with Gasteiger partial charge >= 0.3 is 0 Å². The molecule has 1 aliphatic heterocycles. The summed E-state index contributed by atoms with van der Waals surface area (Å²) in [6.45, 7) is 6.92. The van der Waals surface area contributed by atoms with Crippen LogP contribution in [0.15, 0.2) is 58.1 Å². The number of piperazine rings is 1. The van der Waals surface area contributed by atoms with E-state index in [1.807, 2.05) is 13.0 Å². The molecular weight excluding hydrogens is 434 g/mol. The van der Waals surface area contributed by atoms with E-state index in [2.05, 4.69) is 56.5 Å². The number of carbonyl (C=O) groups is 1. The van der Waals surface area contributed by atoms with Gasteiger partial charge < -0.3 is 14.6 Å². The largest absolute Gasteiger partial charge is 0.455 e. The highest BCUT2D eigenvalue weighted by Crippen LogP contribution is 2.25. The molecule has 7 nitrogen and oxygen atoms in total. The fourth-order valence-corrected chi connectivity index (χ4v) is 4.72. The number of carbonyl (C=O) groups excluding carboxylic acids is 1. The van der Waals surface area contributed by atoms with E-state index < -0.39 is 0 Å². The van der Waals surface area contributed by atoms with E-state index in [1.54, 1.807) is 6.07 Å². The Bertz CT molecular complexity index is 1090. The number of aryl methyl sites for hydroxylation is 1. The number of anilines is 1. The van der Waals surface area contributed by atoms with Gasteiger partial charge in [-0.15, -0.1) is 0 Å². The zero-order valence-electron chi connectivity index (χ0n) is 18.9. The van der Waals surface area contributed by atoms with Gasteiger partial charge in [0.05, 0.1) is 5.75 Å². The van der Waals surface area contributed by atoms with Crippen LogP contribution < -0.4 is 10.2 Å². The molecule has 1 saturated carbocycles. The fraction of sp³-hybridized carbons (Fsp3) is 0.400. The molecule has 0 radical (unpaired) electrons. The number of hydrogen-bond acceptors (Lipinski definition) is 7. The van der Waals surface area contributed by atoms with Crippen molar-refractivity contribution in [3.8, 4) is 0 Å². The number of hydrogen-bond donors (Lipinski definition) is 1. The number of benzene rings is 1.